The molecule has 0 aliphatic heterocycles. The second kappa shape index (κ2) is 6.50. The number of nitro groups is 1. The molecular formula is C11H14N2O7S. The molecule has 0 aliphatic carbocycles. The first-order chi connectivity index (χ1) is 9.70. The van der Waals surface area contributed by atoms with Crippen LogP contribution in [0.4, 0.5) is 5.69 Å². The van der Waals surface area contributed by atoms with Gasteiger partial charge in [-0.15, -0.1) is 0 Å². The second-order valence-corrected chi connectivity index (χ2v) is 6.08. The Morgan fingerprint density at radius 1 is 1.48 bits per heavy atom. The predicted octanol–water partition coefficient (Wildman–Crippen LogP) is 0.699. The fourth-order valence-electron chi connectivity index (χ4n) is 1.52. The van der Waals surface area contributed by atoms with Crippen molar-refractivity contribution in [2.45, 2.75) is 11.3 Å². The van der Waals surface area contributed by atoms with Gasteiger partial charge in [0.25, 0.3) is 5.69 Å². The number of hydrogen-bond acceptors (Lipinski definition) is 6. The molecule has 0 atom stereocenters. The summed E-state index contributed by atoms with van der Waals surface area (Å²) < 4.78 is 30.3. The number of carboxylic acid groups (broad SMARTS) is 1. The Bertz CT molecular complexity index is 657. The van der Waals surface area contributed by atoms with Crippen molar-refractivity contribution in [1.29, 1.82) is 0 Å². The van der Waals surface area contributed by atoms with Gasteiger partial charge in [-0.25, -0.2) is 12.7 Å². The maximum absolute atomic E-state index is 12.3. The van der Waals surface area contributed by atoms with Crippen LogP contribution in [0.15, 0.2) is 23.1 Å². The molecular weight excluding hydrogens is 304 g/mol. The van der Waals surface area contributed by atoms with Crippen molar-refractivity contribution in [1.82, 2.24) is 4.31 Å². The summed E-state index contributed by atoms with van der Waals surface area (Å²) in [6.45, 7) is -0.224. The zero-order valence-corrected chi connectivity index (χ0v) is 12.2. The van der Waals surface area contributed by atoms with Gasteiger partial charge in [0.2, 0.25) is 10.0 Å². The van der Waals surface area contributed by atoms with Crippen molar-refractivity contribution in [3.8, 4) is 5.75 Å². The summed E-state index contributed by atoms with van der Waals surface area (Å²) in [6, 6.07) is 3.10. The Kier molecular flexibility index (Phi) is 5.22. The highest BCUT2D eigenvalue weighted by Crippen LogP contribution is 2.30. The van der Waals surface area contributed by atoms with Crippen LogP contribution >= 0.6 is 0 Å². The number of ether oxygens (including phenoxy) is 1. The van der Waals surface area contributed by atoms with E-state index in [9.17, 15) is 23.3 Å². The fraction of sp³-hybridized carbons (Fsp3) is 0.364. The minimum atomic E-state index is -4.00. The lowest BCUT2D eigenvalue weighted by Gasteiger charge is -2.17. The van der Waals surface area contributed by atoms with Crippen LogP contribution in [0.5, 0.6) is 5.75 Å². The van der Waals surface area contributed by atoms with Crippen LogP contribution in [-0.4, -0.2) is 49.4 Å². The first-order valence-corrected chi connectivity index (χ1v) is 7.14. The van der Waals surface area contributed by atoms with E-state index in [0.717, 1.165) is 22.5 Å². The molecule has 0 heterocycles. The van der Waals surface area contributed by atoms with E-state index in [0.29, 0.717) is 0 Å². The molecule has 0 radical (unpaired) electrons. The molecule has 0 spiro atoms. The third kappa shape index (κ3) is 3.89. The van der Waals surface area contributed by atoms with Gasteiger partial charge in [0, 0.05) is 19.7 Å². The van der Waals surface area contributed by atoms with Crippen molar-refractivity contribution in [2.24, 2.45) is 0 Å². The van der Waals surface area contributed by atoms with E-state index in [2.05, 4.69) is 0 Å². The molecule has 0 saturated heterocycles. The van der Waals surface area contributed by atoms with Gasteiger partial charge in [-0.05, 0) is 6.07 Å². The molecule has 1 aromatic rings. The maximum Gasteiger partial charge on any atom is 0.304 e. The topological polar surface area (TPSA) is 127 Å². The lowest BCUT2D eigenvalue weighted by Crippen LogP contribution is -2.29. The molecule has 0 bridgehead atoms. The minimum Gasteiger partial charge on any atom is -0.495 e. The monoisotopic (exact) mass is 318 g/mol. The maximum atomic E-state index is 12.3. The molecule has 0 amide bonds. The number of sulfonamides is 1. The van der Waals surface area contributed by atoms with Crippen molar-refractivity contribution in [3.63, 3.8) is 0 Å². The summed E-state index contributed by atoms with van der Waals surface area (Å²) in [7, 11) is -1.59. The molecule has 1 N–H and O–H groups in total. The van der Waals surface area contributed by atoms with Gasteiger partial charge in [-0.1, -0.05) is 0 Å². The van der Waals surface area contributed by atoms with E-state index in [4.69, 9.17) is 9.84 Å². The number of methoxy groups -OCH3 is 1. The van der Waals surface area contributed by atoms with Crippen LogP contribution in [0.3, 0.4) is 0 Å². The number of carboxylic acids is 1. The molecule has 0 fully saturated rings. The summed E-state index contributed by atoms with van der Waals surface area (Å²) in [4.78, 5) is 20.2. The SMILES string of the molecule is COc1cc([N+](=O)[O-])ccc1S(=O)(=O)N(C)CCC(=O)O. The van der Waals surface area contributed by atoms with Crippen LogP contribution in [0.2, 0.25) is 0 Å². The van der Waals surface area contributed by atoms with Crippen molar-refractivity contribution in [2.75, 3.05) is 20.7 Å². The number of nitro benzene ring substituents is 1. The molecule has 0 unspecified atom stereocenters. The predicted molar refractivity (Wildman–Crippen MR) is 71.7 cm³/mol. The molecule has 1 rings (SSSR count). The lowest BCUT2D eigenvalue weighted by molar-refractivity contribution is -0.385. The Morgan fingerprint density at radius 3 is 2.57 bits per heavy atom. The van der Waals surface area contributed by atoms with Gasteiger partial charge in [0.05, 0.1) is 24.5 Å². The first kappa shape index (κ1) is 16.9. The van der Waals surface area contributed by atoms with Gasteiger partial charge in [0.15, 0.2) is 0 Å². The number of benzene rings is 1. The zero-order valence-electron chi connectivity index (χ0n) is 11.3. The summed E-state index contributed by atoms with van der Waals surface area (Å²) in [5, 5.41) is 19.2. The van der Waals surface area contributed by atoms with E-state index in [1.54, 1.807) is 0 Å². The smallest absolute Gasteiger partial charge is 0.304 e. The van der Waals surface area contributed by atoms with Gasteiger partial charge < -0.3 is 9.84 Å². The summed E-state index contributed by atoms with van der Waals surface area (Å²) in [5.41, 5.74) is -0.306. The normalized spacial score (nSPS) is 11.4. The quantitative estimate of drug-likeness (QED) is 0.579. The number of rotatable bonds is 7. The highest BCUT2D eigenvalue weighted by molar-refractivity contribution is 7.89. The Balaban J connectivity index is 3.18. The Hall–Kier alpha value is -2.20. The molecule has 116 valence electrons. The number of non-ortho nitro benzene ring substituents is 1. The largest absolute Gasteiger partial charge is 0.495 e. The van der Waals surface area contributed by atoms with Gasteiger partial charge in [-0.2, -0.15) is 0 Å². The fourth-order valence-corrected chi connectivity index (χ4v) is 2.83. The summed E-state index contributed by atoms with van der Waals surface area (Å²) in [6.07, 6.45) is -0.356. The highest BCUT2D eigenvalue weighted by atomic mass is 32.2. The molecule has 1 aromatic carbocycles. The Labute approximate surface area is 120 Å². The third-order valence-electron chi connectivity index (χ3n) is 2.69. The van der Waals surface area contributed by atoms with Crippen LogP contribution < -0.4 is 4.74 Å². The van der Waals surface area contributed by atoms with E-state index in [1.807, 2.05) is 0 Å². The number of hydrogen-bond donors (Lipinski definition) is 1. The van der Waals surface area contributed by atoms with Crippen LogP contribution in [0, 0.1) is 10.1 Å². The highest BCUT2D eigenvalue weighted by Gasteiger charge is 2.26. The Morgan fingerprint density at radius 2 is 2.10 bits per heavy atom. The van der Waals surface area contributed by atoms with Gasteiger partial charge in [0.1, 0.15) is 10.6 Å². The van der Waals surface area contributed by atoms with E-state index in [1.165, 1.54) is 14.2 Å². The molecule has 0 aromatic heterocycles. The van der Waals surface area contributed by atoms with Gasteiger partial charge in [-0.3, -0.25) is 14.9 Å². The zero-order chi connectivity index (χ0) is 16.2. The molecule has 21 heavy (non-hydrogen) atoms. The van der Waals surface area contributed by atoms with Crippen LogP contribution in [0.1, 0.15) is 6.42 Å². The van der Waals surface area contributed by atoms with Crippen molar-refractivity contribution in [3.05, 3.63) is 28.3 Å². The number of carbonyl (C=O) groups is 1. The molecule has 0 saturated carbocycles. The number of nitrogens with zero attached hydrogens (tertiary/aromatic N) is 2. The molecule has 10 heteroatoms. The average molecular weight is 318 g/mol. The lowest BCUT2D eigenvalue weighted by atomic mass is 10.3. The third-order valence-corrected chi connectivity index (χ3v) is 4.58. The summed E-state index contributed by atoms with van der Waals surface area (Å²) >= 11 is 0. The van der Waals surface area contributed by atoms with Crippen LogP contribution in [-0.2, 0) is 14.8 Å². The van der Waals surface area contributed by atoms with Gasteiger partial charge >= 0.3 is 5.97 Å². The van der Waals surface area contributed by atoms with Crippen LogP contribution in [0.25, 0.3) is 0 Å². The standard InChI is InChI=1S/C11H14N2O7S/c1-12(6-5-11(14)15)21(18,19)10-4-3-8(13(16)17)7-9(10)20-2/h3-4,7H,5-6H2,1-2H3,(H,14,15). The molecule has 0 aliphatic rings. The average Bonchev–Trinajstić information content (AvgIpc) is 2.43. The van der Waals surface area contributed by atoms with E-state index in [-0.39, 0.29) is 29.3 Å². The van der Waals surface area contributed by atoms with Crippen molar-refractivity contribution < 1.29 is 28.0 Å². The van der Waals surface area contributed by atoms with E-state index < -0.39 is 20.9 Å². The van der Waals surface area contributed by atoms with Crippen molar-refractivity contribution >= 4 is 21.7 Å². The first-order valence-electron chi connectivity index (χ1n) is 5.70. The minimum absolute atomic E-state index is 0.175. The summed E-state index contributed by atoms with van der Waals surface area (Å²) in [5.74, 6) is -1.31. The second-order valence-electron chi connectivity index (χ2n) is 4.06. The number of aliphatic carboxylic acids is 1. The van der Waals surface area contributed by atoms with E-state index >= 15 is 0 Å². The molecule has 9 nitrogen and oxygen atoms in total.